The number of sulfone groups is 2. The highest BCUT2D eigenvalue weighted by molar-refractivity contribution is 8.10. The average molecular weight is 367 g/mol. The highest BCUT2D eigenvalue weighted by Crippen LogP contribution is 2.29. The molecule has 0 atom stereocenters. The molecule has 0 unspecified atom stereocenters. The van der Waals surface area contributed by atoms with E-state index in [0.717, 1.165) is 0 Å². The first-order chi connectivity index (χ1) is 10.6. The van der Waals surface area contributed by atoms with Crippen LogP contribution in [0.5, 0.6) is 5.75 Å². The van der Waals surface area contributed by atoms with Crippen molar-refractivity contribution < 1.29 is 26.7 Å². The molecule has 134 valence electrons. The molecule has 0 saturated heterocycles. The van der Waals surface area contributed by atoms with E-state index < -0.39 is 23.8 Å². The van der Waals surface area contributed by atoms with Gasteiger partial charge in [-0.05, 0) is 25.5 Å². The summed E-state index contributed by atoms with van der Waals surface area (Å²) < 4.78 is 45.1. The number of carbonyl (C=O) groups is 1. The summed E-state index contributed by atoms with van der Waals surface area (Å²) >= 11 is 0. The van der Waals surface area contributed by atoms with E-state index >= 15 is 0 Å². The van der Waals surface area contributed by atoms with Crippen molar-refractivity contribution in [3.8, 4) is 5.75 Å². The third-order valence-electron chi connectivity index (χ3n) is 3.47. The fourth-order valence-electron chi connectivity index (χ4n) is 1.67. The molecule has 1 aromatic rings. The van der Waals surface area contributed by atoms with Gasteiger partial charge in [0.05, 0.1) is 0 Å². The van der Waals surface area contributed by atoms with E-state index in [9.17, 15) is 16.8 Å². The predicted molar refractivity (Wildman–Crippen MR) is 92.8 cm³/mol. The molecular weight excluding hydrogens is 340 g/mol. The molecule has 0 bridgehead atoms. The summed E-state index contributed by atoms with van der Waals surface area (Å²) in [6, 6.07) is 8.71. The van der Waals surface area contributed by atoms with Crippen LogP contribution in [0, 0.1) is 0 Å². The number of rotatable bonds is 5. The van der Waals surface area contributed by atoms with Crippen LogP contribution in [-0.2, 0) is 24.5 Å². The van der Waals surface area contributed by atoms with E-state index in [-0.39, 0.29) is 17.9 Å². The summed E-state index contributed by atoms with van der Waals surface area (Å²) in [5.74, 6) is 0.0372. The highest BCUT2D eigenvalue weighted by atomic mass is 32.3. The van der Waals surface area contributed by atoms with Gasteiger partial charge in [0.2, 0.25) is 0 Å². The first-order valence-corrected chi connectivity index (χ1v) is 10.4. The zero-order valence-corrected chi connectivity index (χ0v) is 15.7. The molecule has 0 aliphatic rings. The van der Waals surface area contributed by atoms with Crippen LogP contribution in [0.15, 0.2) is 30.3 Å². The van der Waals surface area contributed by atoms with Crippen LogP contribution in [0.2, 0.25) is 0 Å². The minimum atomic E-state index is -3.57. The molecule has 0 radical (unpaired) electrons. The fourth-order valence-corrected chi connectivity index (χ4v) is 6.03. The zero-order chi connectivity index (χ0) is 18.7. The number of phenolic OH excluding ortho intramolecular Hbond substituents is 1. The van der Waals surface area contributed by atoms with Crippen molar-refractivity contribution >= 4 is 26.5 Å². The smallest absolute Gasteiger partial charge is 0.170 e. The number of carbonyl (C=O) groups excluding carboxylic acids is 1. The highest BCUT2D eigenvalue weighted by Gasteiger charge is 2.47. The number of aromatic hydroxyl groups is 1. The Bertz CT molecular complexity index is 602. The van der Waals surface area contributed by atoms with Crippen molar-refractivity contribution in [2.75, 3.05) is 11.5 Å². The maximum Gasteiger partial charge on any atom is 0.170 e. The van der Waals surface area contributed by atoms with Gasteiger partial charge in [0.25, 0.3) is 0 Å². The Hall–Kier alpha value is -1.41. The lowest BCUT2D eigenvalue weighted by atomic mass is 10.3. The van der Waals surface area contributed by atoms with Crippen molar-refractivity contribution in [2.24, 2.45) is 0 Å². The first kappa shape index (κ1) is 23.9. The topological polar surface area (TPSA) is 106 Å². The molecular formula is C15H26O6S2. The van der Waals surface area contributed by atoms with Crippen molar-refractivity contribution in [3.05, 3.63) is 30.3 Å². The van der Waals surface area contributed by atoms with Crippen LogP contribution in [0.3, 0.4) is 0 Å². The average Bonchev–Trinajstić information content (AvgIpc) is 2.56. The van der Waals surface area contributed by atoms with Crippen LogP contribution in [-0.4, -0.2) is 44.3 Å². The SMILES string of the molecule is C=O.CCC(C)(S(=O)(=O)CC)S(=O)(=O)CC.Oc1ccccc1. The lowest BCUT2D eigenvalue weighted by Crippen LogP contribution is -2.44. The van der Waals surface area contributed by atoms with Gasteiger partial charge in [0, 0.05) is 11.5 Å². The molecule has 0 aliphatic carbocycles. The molecule has 1 rings (SSSR count). The number of para-hydroxylation sites is 1. The molecule has 0 fully saturated rings. The van der Waals surface area contributed by atoms with Gasteiger partial charge in [-0.25, -0.2) is 16.8 Å². The van der Waals surface area contributed by atoms with Gasteiger partial charge < -0.3 is 9.90 Å². The first-order valence-electron chi connectivity index (χ1n) is 7.05. The Morgan fingerprint density at radius 3 is 1.43 bits per heavy atom. The van der Waals surface area contributed by atoms with Crippen molar-refractivity contribution in [1.82, 2.24) is 0 Å². The van der Waals surface area contributed by atoms with Crippen LogP contribution in [0.1, 0.15) is 34.1 Å². The van der Waals surface area contributed by atoms with Crippen LogP contribution in [0.4, 0.5) is 0 Å². The van der Waals surface area contributed by atoms with Crippen LogP contribution in [0.25, 0.3) is 0 Å². The van der Waals surface area contributed by atoms with E-state index in [1.165, 1.54) is 20.8 Å². The Balaban J connectivity index is 0. The lowest BCUT2D eigenvalue weighted by molar-refractivity contribution is -0.0980. The normalized spacial score (nSPS) is 11.5. The van der Waals surface area contributed by atoms with E-state index in [0.29, 0.717) is 5.75 Å². The standard InChI is InChI=1S/C8H18O4S2.C6H6O.CH2O/c1-5-8(4,13(9,10)6-2)14(11,12)7-3;7-6-4-2-1-3-5-6;1-2/h5-7H2,1-4H3;1-5,7H;1H2. The minimum Gasteiger partial charge on any atom is -0.508 e. The second-order valence-corrected chi connectivity index (χ2v) is 10.3. The number of benzene rings is 1. The van der Waals surface area contributed by atoms with E-state index in [1.54, 1.807) is 31.2 Å². The summed E-state index contributed by atoms with van der Waals surface area (Å²) in [4.78, 5) is 8.00. The second kappa shape index (κ2) is 10.4. The van der Waals surface area contributed by atoms with Gasteiger partial charge >= 0.3 is 0 Å². The van der Waals surface area contributed by atoms with E-state index in [2.05, 4.69) is 0 Å². The van der Waals surface area contributed by atoms with Crippen molar-refractivity contribution in [2.45, 2.75) is 38.2 Å². The summed E-state index contributed by atoms with van der Waals surface area (Å²) in [6.45, 7) is 7.81. The van der Waals surface area contributed by atoms with Crippen molar-refractivity contribution in [3.63, 3.8) is 0 Å². The molecule has 8 heteroatoms. The maximum atomic E-state index is 11.7. The Morgan fingerprint density at radius 1 is 0.913 bits per heavy atom. The summed E-state index contributed by atoms with van der Waals surface area (Å²) in [7, 11) is -7.14. The molecule has 0 amide bonds. The number of hydrogen-bond donors (Lipinski definition) is 1. The number of phenols is 1. The predicted octanol–water partition coefficient (Wildman–Crippen LogP) is 2.19. The van der Waals surface area contributed by atoms with Gasteiger partial charge in [-0.2, -0.15) is 0 Å². The molecule has 1 N–H and O–H groups in total. The van der Waals surface area contributed by atoms with E-state index in [4.69, 9.17) is 9.90 Å². The summed E-state index contributed by atoms with van der Waals surface area (Å²) in [5, 5.41) is 8.63. The third kappa shape index (κ3) is 6.31. The Morgan fingerprint density at radius 2 is 1.26 bits per heavy atom. The van der Waals surface area contributed by atoms with Crippen LogP contribution < -0.4 is 0 Å². The lowest BCUT2D eigenvalue weighted by Gasteiger charge is -2.26. The Kier molecular flexibility index (Phi) is 10.8. The van der Waals surface area contributed by atoms with Crippen molar-refractivity contribution in [1.29, 1.82) is 0 Å². The van der Waals surface area contributed by atoms with Crippen LogP contribution >= 0.6 is 0 Å². The minimum absolute atomic E-state index is 0.0966. The summed E-state index contributed by atoms with van der Waals surface area (Å²) in [6.07, 6.45) is 0.0966. The third-order valence-corrected chi connectivity index (χ3v) is 9.73. The molecule has 1 aromatic carbocycles. The molecule has 6 nitrogen and oxygen atoms in total. The fraction of sp³-hybridized carbons (Fsp3) is 0.533. The van der Waals surface area contributed by atoms with E-state index in [1.807, 2.05) is 12.9 Å². The maximum absolute atomic E-state index is 11.7. The van der Waals surface area contributed by atoms with Gasteiger partial charge in [-0.1, -0.05) is 39.0 Å². The Labute approximate surface area is 139 Å². The molecule has 0 saturated carbocycles. The molecule has 0 spiro atoms. The van der Waals surface area contributed by atoms with Gasteiger partial charge in [0.15, 0.2) is 23.8 Å². The molecule has 0 aliphatic heterocycles. The quantitative estimate of drug-likeness (QED) is 0.856. The monoisotopic (exact) mass is 366 g/mol. The van der Waals surface area contributed by atoms with Gasteiger partial charge in [-0.3, -0.25) is 0 Å². The number of hydrogen-bond acceptors (Lipinski definition) is 6. The zero-order valence-electron chi connectivity index (χ0n) is 14.0. The van der Waals surface area contributed by atoms with Gasteiger partial charge in [0.1, 0.15) is 12.5 Å². The second-order valence-electron chi connectivity index (χ2n) is 4.63. The molecule has 0 heterocycles. The molecule has 0 aromatic heterocycles. The van der Waals surface area contributed by atoms with Gasteiger partial charge in [-0.15, -0.1) is 0 Å². The molecule has 23 heavy (non-hydrogen) atoms. The summed E-state index contributed by atoms with van der Waals surface area (Å²) in [5.41, 5.74) is 0. The largest absolute Gasteiger partial charge is 0.508 e.